The summed E-state index contributed by atoms with van der Waals surface area (Å²) in [5.74, 6) is 0.313. The first-order chi connectivity index (χ1) is 7.77. The lowest BCUT2D eigenvalue weighted by Gasteiger charge is -2.17. The highest BCUT2D eigenvalue weighted by Gasteiger charge is 2.07. The summed E-state index contributed by atoms with van der Waals surface area (Å²) < 4.78 is 5.28. The Labute approximate surface area is 97.4 Å². The third-order valence-corrected chi connectivity index (χ3v) is 2.54. The van der Waals surface area contributed by atoms with Gasteiger partial charge in [-0.2, -0.15) is 0 Å². The quantitative estimate of drug-likeness (QED) is 0.698. The fourth-order valence-corrected chi connectivity index (χ4v) is 1.65. The summed E-state index contributed by atoms with van der Waals surface area (Å²) in [4.78, 5) is 0. The van der Waals surface area contributed by atoms with E-state index in [4.69, 9.17) is 4.74 Å². The number of nitrogens with one attached hydrogen (secondary N) is 1. The van der Waals surface area contributed by atoms with Gasteiger partial charge in [0.15, 0.2) is 0 Å². The van der Waals surface area contributed by atoms with Crippen molar-refractivity contribution in [1.82, 2.24) is 5.32 Å². The van der Waals surface area contributed by atoms with E-state index in [1.807, 2.05) is 19.1 Å². The molecule has 2 N–H and O–H groups in total. The zero-order valence-corrected chi connectivity index (χ0v) is 10.1. The van der Waals surface area contributed by atoms with Crippen LogP contribution in [-0.4, -0.2) is 24.9 Å². The first-order valence-electron chi connectivity index (χ1n) is 5.88. The van der Waals surface area contributed by atoms with Crippen LogP contribution in [0.1, 0.15) is 31.9 Å². The minimum atomic E-state index is 0.313. The molecule has 90 valence electrons. The standard InChI is InChI=1S/C13H21NO2/c1-3-13(14-9-10-16-4-2)11-5-7-12(15)8-6-11/h5-8,13-15H,3-4,9-10H2,1-2H3. The summed E-state index contributed by atoms with van der Waals surface area (Å²) in [6.07, 6.45) is 1.02. The normalized spacial score (nSPS) is 12.6. The van der Waals surface area contributed by atoms with Crippen LogP contribution >= 0.6 is 0 Å². The number of rotatable bonds is 7. The van der Waals surface area contributed by atoms with Gasteiger partial charge in [-0.25, -0.2) is 0 Å². The van der Waals surface area contributed by atoms with Crippen LogP contribution in [0.4, 0.5) is 0 Å². The SMILES string of the molecule is CCOCCNC(CC)c1ccc(O)cc1. The largest absolute Gasteiger partial charge is 0.508 e. The molecule has 0 aliphatic rings. The molecule has 0 amide bonds. The van der Waals surface area contributed by atoms with Crippen LogP contribution < -0.4 is 5.32 Å². The maximum absolute atomic E-state index is 9.22. The number of hydrogen-bond donors (Lipinski definition) is 2. The second-order valence-corrected chi connectivity index (χ2v) is 3.70. The molecular formula is C13H21NO2. The molecule has 0 saturated carbocycles. The lowest BCUT2D eigenvalue weighted by Crippen LogP contribution is -2.24. The van der Waals surface area contributed by atoms with Gasteiger partial charge in [0.1, 0.15) is 5.75 Å². The molecule has 3 heteroatoms. The molecule has 0 saturated heterocycles. The second-order valence-electron chi connectivity index (χ2n) is 3.70. The van der Waals surface area contributed by atoms with E-state index < -0.39 is 0 Å². The van der Waals surface area contributed by atoms with Crippen LogP contribution in [0, 0.1) is 0 Å². The number of benzene rings is 1. The van der Waals surface area contributed by atoms with Crippen molar-refractivity contribution in [2.45, 2.75) is 26.3 Å². The molecule has 16 heavy (non-hydrogen) atoms. The van der Waals surface area contributed by atoms with Crippen molar-refractivity contribution in [3.63, 3.8) is 0 Å². The molecule has 1 aromatic rings. The minimum Gasteiger partial charge on any atom is -0.508 e. The van der Waals surface area contributed by atoms with Crippen molar-refractivity contribution in [3.05, 3.63) is 29.8 Å². The molecule has 0 aliphatic heterocycles. The maximum Gasteiger partial charge on any atom is 0.115 e. The van der Waals surface area contributed by atoms with E-state index in [1.165, 1.54) is 5.56 Å². The molecule has 1 aromatic carbocycles. The third kappa shape index (κ3) is 4.21. The Bertz CT molecular complexity index is 284. The van der Waals surface area contributed by atoms with Gasteiger partial charge in [0.05, 0.1) is 6.61 Å². The fraction of sp³-hybridized carbons (Fsp3) is 0.538. The van der Waals surface area contributed by atoms with Gasteiger partial charge in [-0.05, 0) is 31.0 Å². The third-order valence-electron chi connectivity index (χ3n) is 2.54. The smallest absolute Gasteiger partial charge is 0.115 e. The number of phenolic OH excluding ortho intramolecular Hbond substituents is 1. The van der Waals surface area contributed by atoms with Crippen LogP contribution in [0.3, 0.4) is 0 Å². The molecular weight excluding hydrogens is 202 g/mol. The molecule has 1 unspecified atom stereocenters. The molecule has 0 radical (unpaired) electrons. The molecule has 0 aliphatic carbocycles. The highest BCUT2D eigenvalue weighted by atomic mass is 16.5. The van der Waals surface area contributed by atoms with E-state index in [0.29, 0.717) is 11.8 Å². The van der Waals surface area contributed by atoms with E-state index in [9.17, 15) is 5.11 Å². The van der Waals surface area contributed by atoms with Crippen LogP contribution in [0.25, 0.3) is 0 Å². The van der Waals surface area contributed by atoms with Crippen molar-refractivity contribution >= 4 is 0 Å². The average Bonchev–Trinajstić information content (AvgIpc) is 2.31. The predicted octanol–water partition coefficient (Wildman–Crippen LogP) is 2.47. The van der Waals surface area contributed by atoms with E-state index >= 15 is 0 Å². The van der Waals surface area contributed by atoms with Crippen molar-refractivity contribution in [1.29, 1.82) is 0 Å². The van der Waals surface area contributed by atoms with Gasteiger partial charge in [-0.1, -0.05) is 19.1 Å². The Morgan fingerprint density at radius 1 is 1.25 bits per heavy atom. The Morgan fingerprint density at radius 2 is 1.94 bits per heavy atom. The number of phenols is 1. The molecule has 3 nitrogen and oxygen atoms in total. The van der Waals surface area contributed by atoms with Gasteiger partial charge in [0.2, 0.25) is 0 Å². The monoisotopic (exact) mass is 223 g/mol. The average molecular weight is 223 g/mol. The van der Waals surface area contributed by atoms with E-state index in [1.54, 1.807) is 12.1 Å². The molecule has 0 fully saturated rings. The number of aromatic hydroxyl groups is 1. The zero-order chi connectivity index (χ0) is 11.8. The van der Waals surface area contributed by atoms with Crippen LogP contribution in [0.2, 0.25) is 0 Å². The van der Waals surface area contributed by atoms with Gasteiger partial charge in [-0.3, -0.25) is 0 Å². The summed E-state index contributed by atoms with van der Waals surface area (Å²) in [6.45, 7) is 6.50. The first kappa shape index (κ1) is 13.0. The Hall–Kier alpha value is -1.06. The molecule has 1 atom stereocenters. The van der Waals surface area contributed by atoms with Crippen LogP contribution in [0.15, 0.2) is 24.3 Å². The molecule has 0 aromatic heterocycles. The summed E-state index contributed by atoms with van der Waals surface area (Å²) >= 11 is 0. The summed E-state index contributed by atoms with van der Waals surface area (Å²) in [5, 5.41) is 12.7. The van der Waals surface area contributed by atoms with Gasteiger partial charge in [0, 0.05) is 19.2 Å². The predicted molar refractivity (Wildman–Crippen MR) is 65.6 cm³/mol. The van der Waals surface area contributed by atoms with Gasteiger partial charge >= 0.3 is 0 Å². The van der Waals surface area contributed by atoms with Crippen LogP contribution in [0.5, 0.6) is 5.75 Å². The lowest BCUT2D eigenvalue weighted by atomic mass is 10.0. The fourth-order valence-electron chi connectivity index (χ4n) is 1.65. The Morgan fingerprint density at radius 3 is 2.50 bits per heavy atom. The number of hydrogen-bond acceptors (Lipinski definition) is 3. The molecule has 0 bridgehead atoms. The van der Waals surface area contributed by atoms with Crippen LogP contribution in [-0.2, 0) is 4.74 Å². The number of ether oxygens (including phenoxy) is 1. The highest BCUT2D eigenvalue weighted by Crippen LogP contribution is 2.18. The molecule has 0 heterocycles. The highest BCUT2D eigenvalue weighted by molar-refractivity contribution is 5.27. The summed E-state index contributed by atoms with van der Waals surface area (Å²) in [7, 11) is 0. The maximum atomic E-state index is 9.22. The van der Waals surface area contributed by atoms with Crippen molar-refractivity contribution in [3.8, 4) is 5.75 Å². The Kier molecular flexibility index (Phi) is 5.90. The van der Waals surface area contributed by atoms with Crippen molar-refractivity contribution < 1.29 is 9.84 Å². The van der Waals surface area contributed by atoms with Crippen molar-refractivity contribution in [2.24, 2.45) is 0 Å². The second kappa shape index (κ2) is 7.25. The van der Waals surface area contributed by atoms with E-state index in [-0.39, 0.29) is 0 Å². The van der Waals surface area contributed by atoms with Gasteiger partial charge in [0.25, 0.3) is 0 Å². The van der Waals surface area contributed by atoms with Crippen molar-refractivity contribution in [2.75, 3.05) is 19.8 Å². The lowest BCUT2D eigenvalue weighted by molar-refractivity contribution is 0.146. The minimum absolute atomic E-state index is 0.313. The zero-order valence-electron chi connectivity index (χ0n) is 10.1. The topological polar surface area (TPSA) is 41.5 Å². The first-order valence-corrected chi connectivity index (χ1v) is 5.88. The van der Waals surface area contributed by atoms with E-state index in [2.05, 4.69) is 12.2 Å². The van der Waals surface area contributed by atoms with Gasteiger partial charge in [-0.15, -0.1) is 0 Å². The summed E-state index contributed by atoms with van der Waals surface area (Å²) in [6, 6.07) is 7.69. The molecule has 1 rings (SSSR count). The Balaban J connectivity index is 2.44. The molecule has 0 spiro atoms. The van der Waals surface area contributed by atoms with Gasteiger partial charge < -0.3 is 15.2 Å². The van der Waals surface area contributed by atoms with E-state index in [0.717, 1.165) is 26.2 Å². The summed E-state index contributed by atoms with van der Waals surface area (Å²) in [5.41, 5.74) is 1.21.